The number of ether oxygens (including phenoxy) is 1. The lowest BCUT2D eigenvalue weighted by Crippen LogP contribution is -2.65. The van der Waals surface area contributed by atoms with Crippen LogP contribution in [0.2, 0.25) is 0 Å². The van der Waals surface area contributed by atoms with E-state index in [1.54, 1.807) is 20.8 Å². The van der Waals surface area contributed by atoms with Crippen molar-refractivity contribution in [3.8, 4) is 0 Å². The maximum Gasteiger partial charge on any atom is 0.309 e. The average molecular weight is 654 g/mol. The molecule has 0 aromatic heterocycles. The molecule has 5 rings (SSSR count). The highest BCUT2D eigenvalue weighted by atomic mass is 16.5. The molecule has 5 aliphatic rings. The second-order valence-corrected chi connectivity index (χ2v) is 18.9. The normalized spacial score (nSPS) is 39.4. The number of aliphatic carboxylic acids is 1. The molecule has 1 N–H and O–H groups in total. The van der Waals surface area contributed by atoms with Gasteiger partial charge in [-0.15, -0.1) is 0 Å². The van der Waals surface area contributed by atoms with Gasteiger partial charge in [-0.1, -0.05) is 54.0 Å². The first-order valence-electron chi connectivity index (χ1n) is 18.5. The molecule has 0 aromatic carbocycles. The van der Waals surface area contributed by atoms with Crippen molar-refractivity contribution in [2.75, 3.05) is 13.6 Å². The molecule has 47 heavy (non-hydrogen) atoms. The summed E-state index contributed by atoms with van der Waals surface area (Å²) in [5.74, 6) is 0.543. The van der Waals surface area contributed by atoms with Crippen molar-refractivity contribution in [3.63, 3.8) is 0 Å². The minimum Gasteiger partial charge on any atom is -0.481 e. The Hall–Kier alpha value is -2.18. The summed E-state index contributed by atoms with van der Waals surface area (Å²) in [6.07, 6.45) is 9.50. The summed E-state index contributed by atoms with van der Waals surface area (Å²) < 4.78 is 6.15. The van der Waals surface area contributed by atoms with Crippen molar-refractivity contribution in [2.24, 2.45) is 56.2 Å². The quantitative estimate of drug-likeness (QED) is 0.265. The number of rotatable bonds is 8. The molecule has 7 nitrogen and oxygen atoms in total. The third-order valence-electron chi connectivity index (χ3n) is 15.4. The Bertz CT molecular complexity index is 1360. The Balaban J connectivity index is 1.44. The van der Waals surface area contributed by atoms with Crippen molar-refractivity contribution in [2.45, 2.75) is 146 Å². The number of esters is 1. The van der Waals surface area contributed by atoms with Crippen LogP contribution < -0.4 is 0 Å². The minimum atomic E-state index is -1.15. The number of carboxylic acid groups (broad SMARTS) is 1. The van der Waals surface area contributed by atoms with Gasteiger partial charge in [-0.05, 0) is 117 Å². The number of allylic oxidation sites excluding steroid dienone is 2. The number of hydrogen-bond acceptors (Lipinski definition) is 5. The number of carbonyl (C=O) groups excluding carboxylic acids is 3. The Morgan fingerprint density at radius 2 is 1.60 bits per heavy atom. The zero-order valence-electron chi connectivity index (χ0n) is 31.3. The molecule has 0 saturated heterocycles. The maximum absolute atomic E-state index is 13.8. The van der Waals surface area contributed by atoms with Crippen LogP contribution in [0.4, 0.5) is 0 Å². The molecule has 4 saturated carbocycles. The molecule has 0 aliphatic heterocycles. The third kappa shape index (κ3) is 5.43. The molecule has 8 atom stereocenters. The summed E-state index contributed by atoms with van der Waals surface area (Å²) >= 11 is 0. The number of amides is 1. The minimum absolute atomic E-state index is 0.0792. The van der Waals surface area contributed by atoms with E-state index in [1.165, 1.54) is 5.57 Å². The highest BCUT2D eigenvalue weighted by molar-refractivity contribution is 6.00. The molecular weight excluding hydrogens is 590 g/mol. The first kappa shape index (κ1) is 36.1. The molecule has 0 aromatic rings. The molecule has 0 radical (unpaired) electrons. The van der Waals surface area contributed by atoms with Gasteiger partial charge in [0.15, 0.2) is 5.78 Å². The van der Waals surface area contributed by atoms with Gasteiger partial charge in [-0.2, -0.15) is 0 Å². The second-order valence-electron chi connectivity index (χ2n) is 18.9. The first-order valence-corrected chi connectivity index (χ1v) is 18.5. The Morgan fingerprint density at radius 1 is 0.936 bits per heavy atom. The molecule has 0 spiro atoms. The van der Waals surface area contributed by atoms with Crippen LogP contribution in [-0.2, 0) is 23.9 Å². The number of hydrogen-bond donors (Lipinski definition) is 1. The monoisotopic (exact) mass is 653 g/mol. The van der Waals surface area contributed by atoms with E-state index in [1.807, 2.05) is 11.9 Å². The average Bonchev–Trinajstić information content (AvgIpc) is 3.25. The van der Waals surface area contributed by atoms with Crippen molar-refractivity contribution in [3.05, 3.63) is 11.1 Å². The largest absolute Gasteiger partial charge is 0.481 e. The second kappa shape index (κ2) is 11.7. The number of carbonyl (C=O) groups is 4. The van der Waals surface area contributed by atoms with E-state index in [2.05, 4.69) is 48.5 Å². The van der Waals surface area contributed by atoms with Crippen LogP contribution in [0.15, 0.2) is 11.1 Å². The van der Waals surface area contributed by atoms with Crippen LogP contribution in [0.3, 0.4) is 0 Å². The van der Waals surface area contributed by atoms with Crippen LogP contribution in [0.5, 0.6) is 0 Å². The van der Waals surface area contributed by atoms with E-state index >= 15 is 0 Å². The molecule has 7 heteroatoms. The zero-order chi connectivity index (χ0) is 35.1. The molecule has 264 valence electrons. The smallest absolute Gasteiger partial charge is 0.309 e. The summed E-state index contributed by atoms with van der Waals surface area (Å²) in [4.78, 5) is 52.5. The summed E-state index contributed by atoms with van der Waals surface area (Å²) in [6.45, 7) is 22.1. The van der Waals surface area contributed by atoms with E-state index in [0.717, 1.165) is 63.4 Å². The van der Waals surface area contributed by atoms with Gasteiger partial charge < -0.3 is 14.7 Å². The predicted octanol–water partition coefficient (Wildman–Crippen LogP) is 8.25. The van der Waals surface area contributed by atoms with E-state index in [9.17, 15) is 24.3 Å². The number of ketones is 1. The molecule has 1 amide bonds. The first-order chi connectivity index (χ1) is 21.6. The SMILES string of the molecule is CC(=O)N(C)CC[C@@]12CC[C@]3(C)[C@H](CCC4[C@@]5(C)CC[C@H](OC(=O)CC(C)(C)C(=O)O)C(C)(C)C5CC[C@]43C)C1=C(C(C)C)C(=O)C2. The van der Waals surface area contributed by atoms with Crippen molar-refractivity contribution >= 4 is 23.6 Å². The van der Waals surface area contributed by atoms with E-state index < -0.39 is 17.4 Å². The topological polar surface area (TPSA) is 101 Å². The van der Waals surface area contributed by atoms with Crippen LogP contribution in [-0.4, -0.2) is 53.3 Å². The fourth-order valence-corrected chi connectivity index (χ4v) is 12.4. The van der Waals surface area contributed by atoms with Gasteiger partial charge in [0.2, 0.25) is 5.91 Å². The summed E-state index contributed by atoms with van der Waals surface area (Å²) in [7, 11) is 1.88. The van der Waals surface area contributed by atoms with Crippen LogP contribution in [0, 0.1) is 56.2 Å². The van der Waals surface area contributed by atoms with Crippen LogP contribution in [0.1, 0.15) is 140 Å². The van der Waals surface area contributed by atoms with Gasteiger partial charge in [-0.3, -0.25) is 19.2 Å². The summed E-state index contributed by atoms with van der Waals surface area (Å²) in [5.41, 5.74) is 1.37. The lowest BCUT2D eigenvalue weighted by molar-refractivity contribution is -0.233. The van der Waals surface area contributed by atoms with Crippen molar-refractivity contribution < 1.29 is 29.0 Å². The van der Waals surface area contributed by atoms with Gasteiger partial charge in [0, 0.05) is 37.8 Å². The number of nitrogens with zero attached hydrogens (tertiary/aromatic N) is 1. The standard InChI is InChI=1S/C40H63NO6/c1-24(2)32-27(43)22-40(20-21-41(11)25(3)42)19-18-38(9)26(33(32)40)12-13-29-37(8)16-15-30(47-31(44)23-35(4,5)34(45)46)36(6,7)28(37)14-17-39(29,38)10/h24,26,28-30H,12-23H2,1-11H3,(H,45,46)/t26-,28?,29?,30+,37+,38-,39-,40-/m1/s1. The van der Waals surface area contributed by atoms with Crippen molar-refractivity contribution in [1.82, 2.24) is 4.90 Å². The highest BCUT2D eigenvalue weighted by Crippen LogP contribution is 2.77. The van der Waals surface area contributed by atoms with E-state index in [-0.39, 0.29) is 51.4 Å². The molecular formula is C40H63NO6. The van der Waals surface area contributed by atoms with E-state index in [0.29, 0.717) is 36.5 Å². The van der Waals surface area contributed by atoms with E-state index in [4.69, 9.17) is 4.74 Å². The predicted molar refractivity (Wildman–Crippen MR) is 183 cm³/mol. The molecule has 5 aliphatic carbocycles. The van der Waals surface area contributed by atoms with Gasteiger partial charge in [0.1, 0.15) is 6.10 Å². The third-order valence-corrected chi connectivity index (χ3v) is 15.4. The zero-order valence-corrected chi connectivity index (χ0v) is 31.3. The summed E-state index contributed by atoms with van der Waals surface area (Å²) in [5, 5.41) is 9.57. The van der Waals surface area contributed by atoms with Crippen molar-refractivity contribution in [1.29, 1.82) is 0 Å². The molecule has 2 unspecified atom stereocenters. The van der Waals surface area contributed by atoms with Gasteiger partial charge >= 0.3 is 11.9 Å². The fourth-order valence-electron chi connectivity index (χ4n) is 12.4. The maximum atomic E-state index is 13.8. The Kier molecular flexibility index (Phi) is 9.00. The van der Waals surface area contributed by atoms with Gasteiger partial charge in [0.05, 0.1) is 11.8 Å². The molecule has 0 bridgehead atoms. The molecule has 0 heterocycles. The lowest BCUT2D eigenvalue weighted by atomic mass is 9.33. The number of Topliss-reactive ketones (excluding diaryl/α,β-unsaturated/α-hetero) is 1. The fraction of sp³-hybridized carbons (Fsp3) is 0.850. The van der Waals surface area contributed by atoms with Crippen LogP contribution in [0.25, 0.3) is 0 Å². The number of carboxylic acids is 1. The van der Waals surface area contributed by atoms with Crippen LogP contribution >= 0.6 is 0 Å². The Morgan fingerprint density at radius 3 is 2.19 bits per heavy atom. The van der Waals surface area contributed by atoms with Gasteiger partial charge in [0.25, 0.3) is 0 Å². The molecule has 4 fully saturated rings. The highest BCUT2D eigenvalue weighted by Gasteiger charge is 2.70. The van der Waals surface area contributed by atoms with Gasteiger partial charge in [-0.25, -0.2) is 0 Å². The summed E-state index contributed by atoms with van der Waals surface area (Å²) in [6, 6.07) is 0. The lowest BCUT2D eigenvalue weighted by Gasteiger charge is -2.72. The number of fused-ring (bicyclic) bond motifs is 7. The Labute approximate surface area is 284 Å².